The van der Waals surface area contributed by atoms with Crippen LogP contribution in [0.3, 0.4) is 0 Å². The van der Waals surface area contributed by atoms with Gasteiger partial charge in [-0.2, -0.15) is 0 Å². The molecule has 21 heavy (non-hydrogen) atoms. The van der Waals surface area contributed by atoms with Crippen LogP contribution in [0, 0.1) is 22.5 Å². The third-order valence-electron chi connectivity index (χ3n) is 2.69. The number of carbonyl (C=O) groups is 1. The van der Waals surface area contributed by atoms with Crippen molar-refractivity contribution in [3.8, 4) is 12.3 Å². The fraction of sp³-hybridized carbons (Fsp3) is 0. The molecule has 2 aromatic carbocycles. The van der Waals surface area contributed by atoms with E-state index in [1.165, 1.54) is 12.1 Å². The molecule has 0 unspecified atom stereocenters. The van der Waals surface area contributed by atoms with E-state index in [4.69, 9.17) is 18.0 Å². The first-order chi connectivity index (χ1) is 10.0. The number of hydrogen-bond acceptors (Lipinski definition) is 3. The Morgan fingerprint density at radius 2 is 2.05 bits per heavy atom. The minimum absolute atomic E-state index is 0.0736. The number of nitrogens with zero attached hydrogens (tertiary/aromatic N) is 1. The minimum Gasteiger partial charge on any atom is -0.322 e. The lowest BCUT2D eigenvalue weighted by atomic mass is 10.1. The fourth-order valence-corrected chi connectivity index (χ4v) is 1.90. The lowest BCUT2D eigenvalue weighted by Gasteiger charge is -2.06. The van der Waals surface area contributed by atoms with Crippen LogP contribution in [0.15, 0.2) is 42.5 Å². The summed E-state index contributed by atoms with van der Waals surface area (Å²) in [5.74, 6) is 1.84. The number of anilines is 1. The van der Waals surface area contributed by atoms with Crippen LogP contribution in [-0.4, -0.2) is 10.8 Å². The molecule has 2 aromatic rings. The van der Waals surface area contributed by atoms with E-state index in [2.05, 4.69) is 11.2 Å². The Morgan fingerprint density at radius 3 is 2.71 bits per heavy atom. The smallest absolute Gasteiger partial charge is 0.283 e. The third-order valence-corrected chi connectivity index (χ3v) is 2.92. The average molecular weight is 301 g/mol. The highest BCUT2D eigenvalue weighted by Gasteiger charge is 2.20. The first-order valence-electron chi connectivity index (χ1n) is 5.83. The maximum absolute atomic E-state index is 12.1. The number of hydrogen-bond donors (Lipinski definition) is 1. The lowest BCUT2D eigenvalue weighted by molar-refractivity contribution is -0.385. The van der Waals surface area contributed by atoms with Crippen molar-refractivity contribution in [2.75, 3.05) is 5.32 Å². The maximum Gasteiger partial charge on any atom is 0.283 e. The second kappa shape index (κ2) is 6.07. The molecule has 1 N–H and O–H groups in total. The molecule has 0 spiro atoms. The summed E-state index contributed by atoms with van der Waals surface area (Å²) >= 11 is 5.71. The molecule has 0 saturated heterocycles. The van der Waals surface area contributed by atoms with E-state index in [-0.39, 0.29) is 16.3 Å². The van der Waals surface area contributed by atoms with Gasteiger partial charge in [-0.1, -0.05) is 23.6 Å². The minimum atomic E-state index is -0.654. The molecule has 1 amide bonds. The van der Waals surface area contributed by atoms with Crippen LogP contribution in [0.1, 0.15) is 15.9 Å². The highest BCUT2D eigenvalue weighted by atomic mass is 35.5. The summed E-state index contributed by atoms with van der Waals surface area (Å²) in [6, 6.07) is 10.5. The number of terminal acetylenes is 1. The number of nitro benzene ring substituents is 1. The van der Waals surface area contributed by atoms with Crippen LogP contribution < -0.4 is 5.32 Å². The van der Waals surface area contributed by atoms with E-state index < -0.39 is 10.8 Å². The molecule has 0 fully saturated rings. The molecule has 0 saturated carbocycles. The molecule has 0 aliphatic rings. The Hall–Kier alpha value is -2.84. The number of nitro groups is 1. The Labute approximate surface area is 125 Å². The second-order valence-electron chi connectivity index (χ2n) is 4.10. The van der Waals surface area contributed by atoms with Gasteiger partial charge in [0.1, 0.15) is 5.56 Å². The summed E-state index contributed by atoms with van der Waals surface area (Å²) in [5.41, 5.74) is 0.627. The van der Waals surface area contributed by atoms with Crippen molar-refractivity contribution < 1.29 is 9.72 Å². The average Bonchev–Trinajstić information content (AvgIpc) is 2.47. The molecule has 0 aliphatic heterocycles. The van der Waals surface area contributed by atoms with E-state index in [1.54, 1.807) is 24.3 Å². The Bertz CT molecular complexity index is 766. The van der Waals surface area contributed by atoms with Crippen molar-refractivity contribution in [3.05, 3.63) is 68.7 Å². The van der Waals surface area contributed by atoms with Crippen molar-refractivity contribution in [1.82, 2.24) is 0 Å². The number of benzene rings is 2. The van der Waals surface area contributed by atoms with Crippen LogP contribution in [0.25, 0.3) is 0 Å². The van der Waals surface area contributed by atoms with Crippen molar-refractivity contribution in [2.45, 2.75) is 0 Å². The topological polar surface area (TPSA) is 72.2 Å². The maximum atomic E-state index is 12.1. The Morgan fingerprint density at radius 1 is 1.29 bits per heavy atom. The molecular weight excluding hydrogens is 292 g/mol. The highest BCUT2D eigenvalue weighted by Crippen LogP contribution is 2.24. The van der Waals surface area contributed by atoms with Crippen LogP contribution in [-0.2, 0) is 0 Å². The molecule has 0 aliphatic carbocycles. The van der Waals surface area contributed by atoms with Crippen molar-refractivity contribution >= 4 is 28.9 Å². The summed E-state index contributed by atoms with van der Waals surface area (Å²) in [5, 5.41) is 13.7. The number of rotatable bonds is 3. The normalized spacial score (nSPS) is 9.71. The Kier molecular flexibility index (Phi) is 4.21. The van der Waals surface area contributed by atoms with E-state index in [0.717, 1.165) is 6.07 Å². The third kappa shape index (κ3) is 3.38. The number of nitrogens with one attached hydrogen (secondary N) is 1. The van der Waals surface area contributed by atoms with Gasteiger partial charge in [0.25, 0.3) is 11.6 Å². The van der Waals surface area contributed by atoms with Gasteiger partial charge >= 0.3 is 0 Å². The van der Waals surface area contributed by atoms with Gasteiger partial charge in [0, 0.05) is 22.3 Å². The van der Waals surface area contributed by atoms with E-state index >= 15 is 0 Å². The molecule has 0 radical (unpaired) electrons. The standard InChI is InChI=1S/C15H9ClN2O3/c1-2-10-4-3-5-12(8-10)17-15(19)13-7-6-11(16)9-14(13)18(20)21/h1,3-9H,(H,17,19). The molecule has 2 rings (SSSR count). The number of carbonyl (C=O) groups excluding carboxylic acids is 1. The highest BCUT2D eigenvalue weighted by molar-refractivity contribution is 6.31. The van der Waals surface area contributed by atoms with Gasteiger partial charge in [0.2, 0.25) is 0 Å². The molecule has 0 heterocycles. The zero-order valence-electron chi connectivity index (χ0n) is 10.7. The lowest BCUT2D eigenvalue weighted by Crippen LogP contribution is -2.14. The van der Waals surface area contributed by atoms with Crippen LogP contribution in [0.4, 0.5) is 11.4 Å². The predicted octanol–water partition coefficient (Wildman–Crippen LogP) is 3.48. The summed E-state index contributed by atoms with van der Waals surface area (Å²) in [4.78, 5) is 22.5. The van der Waals surface area contributed by atoms with Gasteiger partial charge in [-0.25, -0.2) is 0 Å². The number of amides is 1. The fourth-order valence-electron chi connectivity index (χ4n) is 1.73. The van der Waals surface area contributed by atoms with Crippen LogP contribution in [0.2, 0.25) is 5.02 Å². The van der Waals surface area contributed by atoms with Gasteiger partial charge in [0.05, 0.1) is 4.92 Å². The summed E-state index contributed by atoms with van der Waals surface area (Å²) in [6.45, 7) is 0. The molecule has 0 atom stereocenters. The molecule has 5 nitrogen and oxygen atoms in total. The van der Waals surface area contributed by atoms with Gasteiger partial charge in [0.15, 0.2) is 0 Å². The Balaban J connectivity index is 2.32. The quantitative estimate of drug-likeness (QED) is 0.536. The molecule has 6 heteroatoms. The first-order valence-corrected chi connectivity index (χ1v) is 6.21. The first kappa shape index (κ1) is 14.6. The number of halogens is 1. The van der Waals surface area contributed by atoms with Crippen molar-refractivity contribution in [3.63, 3.8) is 0 Å². The largest absolute Gasteiger partial charge is 0.322 e. The van der Waals surface area contributed by atoms with E-state index in [0.29, 0.717) is 11.3 Å². The molecule has 0 aromatic heterocycles. The zero-order chi connectivity index (χ0) is 15.4. The van der Waals surface area contributed by atoms with Crippen LogP contribution in [0.5, 0.6) is 0 Å². The van der Waals surface area contributed by atoms with Crippen molar-refractivity contribution in [2.24, 2.45) is 0 Å². The summed E-state index contributed by atoms with van der Waals surface area (Å²) in [6.07, 6.45) is 5.27. The SMILES string of the molecule is C#Cc1cccc(NC(=O)c2ccc(Cl)cc2[N+](=O)[O-])c1. The van der Waals surface area contributed by atoms with Crippen molar-refractivity contribution in [1.29, 1.82) is 0 Å². The van der Waals surface area contributed by atoms with Gasteiger partial charge in [-0.3, -0.25) is 14.9 Å². The van der Waals surface area contributed by atoms with Gasteiger partial charge in [-0.15, -0.1) is 6.42 Å². The monoisotopic (exact) mass is 300 g/mol. The van der Waals surface area contributed by atoms with E-state index in [9.17, 15) is 14.9 Å². The summed E-state index contributed by atoms with van der Waals surface area (Å²) < 4.78 is 0. The predicted molar refractivity (Wildman–Crippen MR) is 80.4 cm³/mol. The molecular formula is C15H9ClN2O3. The molecule has 0 bridgehead atoms. The molecule has 104 valence electrons. The van der Waals surface area contributed by atoms with Gasteiger partial charge in [-0.05, 0) is 30.3 Å². The van der Waals surface area contributed by atoms with Crippen LogP contribution >= 0.6 is 11.6 Å². The summed E-state index contributed by atoms with van der Waals surface area (Å²) in [7, 11) is 0. The second-order valence-corrected chi connectivity index (χ2v) is 4.53. The zero-order valence-corrected chi connectivity index (χ0v) is 11.4. The van der Waals surface area contributed by atoms with E-state index in [1.807, 2.05) is 0 Å². The van der Waals surface area contributed by atoms with Gasteiger partial charge < -0.3 is 5.32 Å².